The summed E-state index contributed by atoms with van der Waals surface area (Å²) in [5, 5.41) is 34.3. The first-order chi connectivity index (χ1) is 31.4. The number of benzene rings is 3. The fourth-order valence-electron chi connectivity index (χ4n) is 7.66. The molecule has 1 aromatic heterocycles. The van der Waals surface area contributed by atoms with Crippen LogP contribution in [0.1, 0.15) is 78.6 Å². The number of hydrogen-bond acceptors (Lipinski definition) is 13. The van der Waals surface area contributed by atoms with Crippen molar-refractivity contribution in [2.75, 3.05) is 46.4 Å². The lowest BCUT2D eigenvalue weighted by Gasteiger charge is -2.32. The minimum absolute atomic E-state index is 0.00833. The summed E-state index contributed by atoms with van der Waals surface area (Å²) >= 11 is 0. The molecular weight excluding hydrogens is 843 g/mol. The summed E-state index contributed by atoms with van der Waals surface area (Å²) in [5.41, 5.74) is 15.9. The Hall–Kier alpha value is -6.94. The normalized spacial score (nSPS) is 16.7. The number of phenolic OH excluding ortho intramolecular Hbond substituents is 1. The number of aromatic hydroxyl groups is 1. The summed E-state index contributed by atoms with van der Waals surface area (Å²) in [6.07, 6.45) is -0.0456. The number of rotatable bonds is 15. The summed E-state index contributed by atoms with van der Waals surface area (Å²) in [6, 6.07) is 14.2. The highest BCUT2D eigenvalue weighted by Gasteiger charge is 2.36. The van der Waals surface area contributed by atoms with Crippen molar-refractivity contribution in [3.8, 4) is 40.1 Å². The summed E-state index contributed by atoms with van der Waals surface area (Å²) in [5.74, 6) is -2.81. The number of nitrogens with zero attached hydrogens (tertiary/aromatic N) is 4. The molecule has 18 heteroatoms. The number of nitrogens with two attached hydrogens (primary N) is 2. The molecule has 4 unspecified atom stereocenters. The van der Waals surface area contributed by atoms with Gasteiger partial charge in [-0.1, -0.05) is 57.2 Å². The van der Waals surface area contributed by atoms with Gasteiger partial charge >= 0.3 is 0 Å². The highest BCUT2D eigenvalue weighted by atomic mass is 16.5. The lowest BCUT2D eigenvalue weighted by atomic mass is 9.86. The number of phenols is 1. The molecule has 5 rings (SSSR count). The van der Waals surface area contributed by atoms with E-state index in [0.29, 0.717) is 53.7 Å². The van der Waals surface area contributed by atoms with Crippen molar-refractivity contribution >= 4 is 29.5 Å². The van der Waals surface area contributed by atoms with E-state index in [4.69, 9.17) is 21.5 Å². The van der Waals surface area contributed by atoms with Crippen LogP contribution >= 0.6 is 0 Å². The lowest BCUT2D eigenvalue weighted by Crippen LogP contribution is -2.56. The number of fused-ring (bicyclic) bond motifs is 5. The average Bonchev–Trinajstić information content (AvgIpc) is 3.27. The van der Waals surface area contributed by atoms with Crippen molar-refractivity contribution in [3.05, 3.63) is 94.3 Å². The quantitative estimate of drug-likeness (QED) is 0.0629. The first-order valence-corrected chi connectivity index (χ1v) is 21.9. The molecule has 1 aliphatic heterocycles. The van der Waals surface area contributed by atoms with Crippen LogP contribution < -0.4 is 42.8 Å². The predicted octanol–water partition coefficient (Wildman–Crippen LogP) is 2.19. The van der Waals surface area contributed by atoms with Gasteiger partial charge in [-0.2, -0.15) is 5.26 Å². The van der Waals surface area contributed by atoms with Crippen LogP contribution in [0.15, 0.2) is 60.7 Å². The Labute approximate surface area is 385 Å². The van der Waals surface area contributed by atoms with Gasteiger partial charge in [-0.05, 0) is 80.1 Å². The summed E-state index contributed by atoms with van der Waals surface area (Å²) in [4.78, 5) is 80.7. The van der Waals surface area contributed by atoms with Crippen LogP contribution in [-0.4, -0.2) is 114 Å². The third-order valence-corrected chi connectivity index (χ3v) is 11.2. The number of aromatic nitrogens is 2. The molecule has 66 heavy (non-hydrogen) atoms. The molecule has 2 heterocycles. The number of aryl methyl sites for hydroxylation is 2. The van der Waals surface area contributed by atoms with Crippen molar-refractivity contribution in [2.24, 2.45) is 11.5 Å². The zero-order valence-corrected chi connectivity index (χ0v) is 38.6. The van der Waals surface area contributed by atoms with E-state index in [-0.39, 0.29) is 60.4 Å². The topological polar surface area (TPSA) is 280 Å². The van der Waals surface area contributed by atoms with Crippen molar-refractivity contribution < 1.29 is 33.8 Å². The van der Waals surface area contributed by atoms with E-state index < -0.39 is 53.7 Å². The smallest absolute Gasteiger partial charge is 0.255 e. The molecule has 3 aromatic carbocycles. The Morgan fingerprint density at radius 2 is 1.65 bits per heavy atom. The second-order valence-electron chi connectivity index (χ2n) is 17.2. The number of carbonyl (C=O) groups excluding carboxylic acids is 5. The zero-order valence-electron chi connectivity index (χ0n) is 38.6. The van der Waals surface area contributed by atoms with Crippen molar-refractivity contribution in [1.82, 2.24) is 41.5 Å². The van der Waals surface area contributed by atoms with Crippen molar-refractivity contribution in [2.45, 2.75) is 84.0 Å². The Morgan fingerprint density at radius 3 is 2.29 bits per heavy atom. The predicted molar refractivity (Wildman–Crippen MR) is 249 cm³/mol. The molecule has 10 N–H and O–H groups in total. The first-order valence-electron chi connectivity index (χ1n) is 21.9. The minimum atomic E-state index is -1.43. The van der Waals surface area contributed by atoms with Gasteiger partial charge in [-0.3, -0.25) is 24.0 Å². The number of nitrogens with one attached hydrogen (secondary N) is 5. The Kier molecular flexibility index (Phi) is 16.9. The summed E-state index contributed by atoms with van der Waals surface area (Å²) in [7, 11) is 1.40. The second-order valence-corrected chi connectivity index (χ2v) is 17.2. The van der Waals surface area contributed by atoms with E-state index in [1.54, 1.807) is 44.2 Å². The third kappa shape index (κ3) is 12.2. The third-order valence-electron chi connectivity index (χ3n) is 11.2. The maximum atomic E-state index is 14.7. The average molecular weight is 904 g/mol. The van der Waals surface area contributed by atoms with E-state index in [0.717, 1.165) is 16.0 Å². The number of ether oxygens (including phenoxy) is 1. The van der Waals surface area contributed by atoms with Crippen LogP contribution in [0.4, 0.5) is 0 Å². The van der Waals surface area contributed by atoms with Crippen LogP contribution in [0, 0.1) is 25.2 Å². The van der Waals surface area contributed by atoms with Gasteiger partial charge in [0, 0.05) is 49.8 Å². The molecule has 0 spiro atoms. The van der Waals surface area contributed by atoms with Crippen LogP contribution in [0.3, 0.4) is 0 Å². The molecular formula is C48H61N11O7. The standard InChI is InChI=1S/C48H61N11O7/c1-27-40(28(2)55-42(54-27)31-9-12-33(13-10-31)48(4,5)6)45(63)57-36(16-17-49)47(65)59(7)41-32-11-15-39(66-23-22-52-20-18-50)35(26-32)34-24-30(8-14-38(34)60)25-37(44(62)53-21-19-51)58-43(61)29(3)56-46(41)64/h8-15,24,26,29,36-37,41,52,60H,16-18,20-23,25,49-50H2,1-7H3,(H,53,62)(H,56,64)(H,57,63)(H,58,61). The molecule has 5 amide bonds. The van der Waals surface area contributed by atoms with E-state index in [1.807, 2.05) is 30.3 Å². The first kappa shape index (κ1) is 50.1. The van der Waals surface area contributed by atoms with E-state index in [1.165, 1.54) is 20.0 Å². The SMILES string of the molecule is Cc1nc(-c2ccc(C(C)(C)C)cc2)nc(C)c1C(=O)NC(CCN)C(=O)N(C)C1C(=O)NC(C)C(=O)NC(C(=O)NCC#N)Cc2ccc(O)c(c2)-c2cc1ccc2OCCNCCN. The molecule has 350 valence electrons. The maximum Gasteiger partial charge on any atom is 0.255 e. The van der Waals surface area contributed by atoms with Gasteiger partial charge in [0.15, 0.2) is 5.82 Å². The maximum absolute atomic E-state index is 14.7. The van der Waals surface area contributed by atoms with Crippen molar-refractivity contribution in [3.63, 3.8) is 0 Å². The van der Waals surface area contributed by atoms with E-state index in [2.05, 4.69) is 57.3 Å². The fraction of sp³-hybridized carbons (Fsp3) is 0.417. The molecule has 0 radical (unpaired) electrons. The van der Waals surface area contributed by atoms with Crippen LogP contribution in [-0.2, 0) is 31.0 Å². The van der Waals surface area contributed by atoms with Gasteiger partial charge < -0.3 is 52.8 Å². The molecule has 0 saturated heterocycles. The molecule has 4 bridgehead atoms. The molecule has 4 aromatic rings. The number of amides is 5. The number of hydrogen-bond donors (Lipinski definition) is 8. The molecule has 4 atom stereocenters. The highest BCUT2D eigenvalue weighted by molar-refractivity contribution is 6.00. The van der Waals surface area contributed by atoms with E-state index in [9.17, 15) is 29.1 Å². The molecule has 18 nitrogen and oxygen atoms in total. The van der Waals surface area contributed by atoms with Crippen LogP contribution in [0.25, 0.3) is 22.5 Å². The molecule has 0 saturated carbocycles. The monoisotopic (exact) mass is 903 g/mol. The highest BCUT2D eigenvalue weighted by Crippen LogP contribution is 2.39. The van der Waals surface area contributed by atoms with Crippen LogP contribution in [0.5, 0.6) is 11.5 Å². The van der Waals surface area contributed by atoms with Crippen LogP contribution in [0.2, 0.25) is 0 Å². The number of likely N-dealkylation sites (N-methyl/N-ethyl adjacent to an activating group) is 1. The van der Waals surface area contributed by atoms with Gasteiger partial charge in [0.1, 0.15) is 48.8 Å². The second kappa shape index (κ2) is 22.3. The molecule has 0 fully saturated rings. The largest absolute Gasteiger partial charge is 0.507 e. The number of carbonyl (C=O) groups is 5. The summed E-state index contributed by atoms with van der Waals surface area (Å²) < 4.78 is 6.20. The van der Waals surface area contributed by atoms with E-state index >= 15 is 0 Å². The van der Waals surface area contributed by atoms with Gasteiger partial charge in [0.25, 0.3) is 5.91 Å². The molecule has 1 aliphatic rings. The Balaban J connectivity index is 1.54. The van der Waals surface area contributed by atoms with Gasteiger partial charge in [-0.15, -0.1) is 0 Å². The minimum Gasteiger partial charge on any atom is -0.507 e. The zero-order chi connectivity index (χ0) is 48.3. The Bertz CT molecular complexity index is 2440. The number of nitriles is 1. The van der Waals surface area contributed by atoms with Gasteiger partial charge in [0.2, 0.25) is 23.6 Å². The van der Waals surface area contributed by atoms with Crippen molar-refractivity contribution in [1.29, 1.82) is 5.26 Å². The fourth-order valence-corrected chi connectivity index (χ4v) is 7.66. The van der Waals surface area contributed by atoms with Gasteiger partial charge in [0.05, 0.1) is 23.0 Å². The Morgan fingerprint density at radius 1 is 0.955 bits per heavy atom. The molecule has 0 aliphatic carbocycles. The van der Waals surface area contributed by atoms with Gasteiger partial charge in [-0.25, -0.2) is 9.97 Å². The summed E-state index contributed by atoms with van der Waals surface area (Å²) in [6.45, 7) is 12.5. The lowest BCUT2D eigenvalue weighted by molar-refractivity contribution is -0.141.